The molecule has 0 radical (unpaired) electrons. The van der Waals surface area contributed by atoms with Gasteiger partial charge in [0.2, 0.25) is 5.91 Å². The molecule has 3 amide bonds. The maximum absolute atomic E-state index is 12.6. The Balaban J connectivity index is 1.46. The fourth-order valence-electron chi connectivity index (χ4n) is 3.64. The normalized spacial score (nSPS) is 14.3. The van der Waals surface area contributed by atoms with Crippen LogP contribution in [-0.4, -0.2) is 56.7 Å². The molecule has 0 spiro atoms. The van der Waals surface area contributed by atoms with Crippen LogP contribution in [0.2, 0.25) is 10.0 Å². The summed E-state index contributed by atoms with van der Waals surface area (Å²) in [6.07, 6.45) is 1.72. The van der Waals surface area contributed by atoms with Gasteiger partial charge in [-0.3, -0.25) is 4.79 Å². The molecule has 0 unspecified atom stereocenters. The zero-order valence-electron chi connectivity index (χ0n) is 18.0. The first kappa shape index (κ1) is 24.3. The molecule has 0 aromatic heterocycles. The zero-order valence-corrected chi connectivity index (χ0v) is 19.5. The number of nitrogens with zero attached hydrogens (tertiary/aromatic N) is 1. The molecule has 0 bridgehead atoms. The van der Waals surface area contributed by atoms with E-state index in [1.165, 1.54) is 5.56 Å². The number of methoxy groups -OCH3 is 1. The predicted octanol–water partition coefficient (Wildman–Crippen LogP) is 4.58. The maximum atomic E-state index is 12.6. The molecule has 3 rings (SSSR count). The highest BCUT2D eigenvalue weighted by atomic mass is 35.5. The smallest absolute Gasteiger partial charge is 0.321 e. The van der Waals surface area contributed by atoms with Gasteiger partial charge in [-0.2, -0.15) is 0 Å². The fraction of sp³-hybridized carbons (Fsp3) is 0.391. The van der Waals surface area contributed by atoms with E-state index in [-0.39, 0.29) is 18.5 Å². The number of hydrogen-bond donors (Lipinski definition) is 3. The Morgan fingerprint density at radius 3 is 2.31 bits per heavy atom. The average molecular weight is 479 g/mol. The monoisotopic (exact) mass is 478 g/mol. The molecule has 1 aliphatic rings. The highest BCUT2D eigenvalue weighted by Crippen LogP contribution is 2.32. The quantitative estimate of drug-likeness (QED) is 0.484. The van der Waals surface area contributed by atoms with E-state index >= 15 is 0 Å². The first-order chi connectivity index (χ1) is 15.5. The van der Waals surface area contributed by atoms with Crippen LogP contribution in [0.3, 0.4) is 0 Å². The molecule has 7 nitrogen and oxygen atoms in total. The van der Waals surface area contributed by atoms with Gasteiger partial charge in [0.15, 0.2) is 0 Å². The van der Waals surface area contributed by atoms with Crippen molar-refractivity contribution in [2.24, 2.45) is 0 Å². The molecule has 1 fully saturated rings. The van der Waals surface area contributed by atoms with Crippen LogP contribution in [0.15, 0.2) is 42.5 Å². The van der Waals surface area contributed by atoms with Crippen LogP contribution < -0.4 is 16.0 Å². The molecular formula is C23H28Cl2N4O3. The summed E-state index contributed by atoms with van der Waals surface area (Å²) in [6.45, 7) is 2.72. The predicted molar refractivity (Wildman–Crippen MR) is 129 cm³/mol. The number of benzene rings is 2. The van der Waals surface area contributed by atoms with Gasteiger partial charge < -0.3 is 25.6 Å². The van der Waals surface area contributed by atoms with Gasteiger partial charge >= 0.3 is 6.03 Å². The Morgan fingerprint density at radius 1 is 1.03 bits per heavy atom. The van der Waals surface area contributed by atoms with Crippen molar-refractivity contribution >= 4 is 46.5 Å². The molecule has 3 N–H and O–H groups in total. The molecule has 0 aliphatic carbocycles. The van der Waals surface area contributed by atoms with Crippen molar-refractivity contribution in [3.8, 4) is 0 Å². The minimum Gasteiger partial charge on any atom is -0.383 e. The van der Waals surface area contributed by atoms with E-state index in [4.69, 9.17) is 27.9 Å². The fourth-order valence-corrected chi connectivity index (χ4v) is 4.13. The van der Waals surface area contributed by atoms with Gasteiger partial charge in [0.1, 0.15) is 0 Å². The third kappa shape index (κ3) is 6.84. The van der Waals surface area contributed by atoms with Gasteiger partial charge in [0.25, 0.3) is 0 Å². The third-order valence-corrected chi connectivity index (χ3v) is 6.04. The number of urea groups is 1. The summed E-state index contributed by atoms with van der Waals surface area (Å²) in [6, 6.07) is 12.8. The number of hydrogen-bond acceptors (Lipinski definition) is 4. The van der Waals surface area contributed by atoms with Crippen LogP contribution in [0.5, 0.6) is 0 Å². The van der Waals surface area contributed by atoms with Crippen LogP contribution in [-0.2, 0) is 9.53 Å². The summed E-state index contributed by atoms with van der Waals surface area (Å²) in [4.78, 5) is 26.4. The third-order valence-electron chi connectivity index (χ3n) is 5.41. The van der Waals surface area contributed by atoms with Crippen molar-refractivity contribution in [2.75, 3.05) is 50.5 Å². The van der Waals surface area contributed by atoms with Crippen molar-refractivity contribution in [3.05, 3.63) is 58.1 Å². The Morgan fingerprint density at radius 2 is 1.69 bits per heavy atom. The summed E-state index contributed by atoms with van der Waals surface area (Å²) in [5.41, 5.74) is 2.41. The zero-order chi connectivity index (χ0) is 22.9. The van der Waals surface area contributed by atoms with E-state index in [9.17, 15) is 9.59 Å². The number of carbonyl (C=O) groups is 2. The number of likely N-dealkylation sites (tertiary alicyclic amines) is 1. The SMILES string of the molecule is COCCNCC(=O)Nc1ccc(C2CCN(C(=O)Nc3c(Cl)cccc3Cl)CC2)cc1. The van der Waals surface area contributed by atoms with E-state index in [0.29, 0.717) is 47.9 Å². The summed E-state index contributed by atoms with van der Waals surface area (Å²) in [5, 5.41) is 9.54. The van der Waals surface area contributed by atoms with E-state index < -0.39 is 0 Å². The number of rotatable bonds is 8. The molecule has 1 saturated heterocycles. The van der Waals surface area contributed by atoms with Crippen molar-refractivity contribution in [1.82, 2.24) is 10.2 Å². The number of amides is 3. The van der Waals surface area contributed by atoms with Crippen molar-refractivity contribution in [3.63, 3.8) is 0 Å². The van der Waals surface area contributed by atoms with Crippen molar-refractivity contribution in [1.29, 1.82) is 0 Å². The lowest BCUT2D eigenvalue weighted by Gasteiger charge is -2.32. The summed E-state index contributed by atoms with van der Waals surface area (Å²) < 4.78 is 4.94. The largest absolute Gasteiger partial charge is 0.383 e. The molecule has 2 aromatic rings. The molecule has 2 aromatic carbocycles. The summed E-state index contributed by atoms with van der Waals surface area (Å²) in [5.74, 6) is 0.273. The van der Waals surface area contributed by atoms with Crippen molar-refractivity contribution < 1.29 is 14.3 Å². The summed E-state index contributed by atoms with van der Waals surface area (Å²) in [7, 11) is 1.62. The number of piperidine rings is 1. The first-order valence-corrected chi connectivity index (χ1v) is 11.3. The minimum absolute atomic E-state index is 0.0909. The highest BCUT2D eigenvalue weighted by molar-refractivity contribution is 6.39. The van der Waals surface area contributed by atoms with Crippen LogP contribution in [0.25, 0.3) is 0 Å². The molecule has 1 aliphatic heterocycles. The number of nitrogens with one attached hydrogen (secondary N) is 3. The summed E-state index contributed by atoms with van der Waals surface area (Å²) >= 11 is 12.3. The molecule has 1 heterocycles. The van der Waals surface area contributed by atoms with Crippen LogP contribution in [0.4, 0.5) is 16.2 Å². The standard InChI is InChI=1S/C23H28Cl2N4O3/c1-32-14-11-26-15-21(30)27-18-7-5-16(6-8-18)17-9-12-29(13-10-17)23(31)28-22-19(24)3-2-4-20(22)25/h2-8,17,26H,9-15H2,1H3,(H,27,30)(H,28,31). The lowest BCUT2D eigenvalue weighted by molar-refractivity contribution is -0.115. The van der Waals surface area contributed by atoms with E-state index in [2.05, 4.69) is 16.0 Å². The lowest BCUT2D eigenvalue weighted by Crippen LogP contribution is -2.40. The first-order valence-electron chi connectivity index (χ1n) is 10.6. The van der Waals surface area contributed by atoms with Gasteiger partial charge in [-0.15, -0.1) is 0 Å². The number of anilines is 2. The topological polar surface area (TPSA) is 82.7 Å². The van der Waals surface area contributed by atoms with Gasteiger partial charge in [-0.1, -0.05) is 41.4 Å². The second kappa shape index (κ2) is 12.1. The average Bonchev–Trinajstić information content (AvgIpc) is 2.80. The molecule has 0 saturated carbocycles. The Labute approximate surface area is 198 Å². The molecule has 172 valence electrons. The number of carbonyl (C=O) groups excluding carboxylic acids is 2. The van der Waals surface area contributed by atoms with Gasteiger partial charge in [0, 0.05) is 32.4 Å². The minimum atomic E-state index is -0.199. The molecule has 9 heteroatoms. The molecular weight excluding hydrogens is 451 g/mol. The molecule has 32 heavy (non-hydrogen) atoms. The van der Waals surface area contributed by atoms with E-state index in [0.717, 1.165) is 18.5 Å². The highest BCUT2D eigenvalue weighted by Gasteiger charge is 2.24. The lowest BCUT2D eigenvalue weighted by atomic mass is 9.89. The van der Waals surface area contributed by atoms with Gasteiger partial charge in [0.05, 0.1) is 28.9 Å². The number of ether oxygens (including phenoxy) is 1. The second-order valence-corrected chi connectivity index (χ2v) is 8.44. The number of halogens is 2. The number of para-hydroxylation sites is 1. The Kier molecular flexibility index (Phi) is 9.17. The van der Waals surface area contributed by atoms with Crippen LogP contribution in [0, 0.1) is 0 Å². The van der Waals surface area contributed by atoms with E-state index in [1.54, 1.807) is 30.2 Å². The Bertz CT molecular complexity index is 896. The van der Waals surface area contributed by atoms with Crippen LogP contribution >= 0.6 is 23.2 Å². The Hall–Kier alpha value is -2.32. The molecule has 0 atom stereocenters. The van der Waals surface area contributed by atoms with Crippen molar-refractivity contribution in [2.45, 2.75) is 18.8 Å². The second-order valence-electron chi connectivity index (χ2n) is 7.63. The van der Waals surface area contributed by atoms with E-state index in [1.807, 2.05) is 24.3 Å². The van der Waals surface area contributed by atoms with Crippen LogP contribution in [0.1, 0.15) is 24.3 Å². The maximum Gasteiger partial charge on any atom is 0.321 e. The van der Waals surface area contributed by atoms with Gasteiger partial charge in [-0.05, 0) is 48.6 Å². The van der Waals surface area contributed by atoms with Gasteiger partial charge in [-0.25, -0.2) is 4.79 Å².